The summed E-state index contributed by atoms with van der Waals surface area (Å²) in [5.74, 6) is -0.00967. The zero-order chi connectivity index (χ0) is 15.5. The van der Waals surface area contributed by atoms with Crippen LogP contribution in [0.15, 0.2) is 24.3 Å². The molecule has 4 heteroatoms. The van der Waals surface area contributed by atoms with Crippen LogP contribution >= 0.6 is 0 Å². The van der Waals surface area contributed by atoms with Gasteiger partial charge in [-0.15, -0.1) is 0 Å². The summed E-state index contributed by atoms with van der Waals surface area (Å²) >= 11 is 0. The Balaban J connectivity index is 1.91. The molecule has 1 aliphatic heterocycles. The minimum atomic E-state index is -0.208. The van der Waals surface area contributed by atoms with Crippen LogP contribution in [0.1, 0.15) is 39.2 Å². The molecule has 1 amide bonds. The lowest BCUT2D eigenvalue weighted by molar-refractivity contribution is -0.128. The standard InChI is InChI=1S/C17H25FN2O/c1-17(2,3)19-16(21)14-5-4-10-20(12-14)11-13-6-8-15(18)9-7-13/h6-9,14H,4-5,10-12H2,1-3H3,(H,19,21). The number of piperidine rings is 1. The summed E-state index contributed by atoms with van der Waals surface area (Å²) in [6.45, 7) is 8.56. The van der Waals surface area contributed by atoms with Crippen molar-refractivity contribution >= 4 is 5.91 Å². The molecule has 1 aromatic carbocycles. The first kappa shape index (κ1) is 16.0. The Morgan fingerprint density at radius 2 is 2.00 bits per heavy atom. The lowest BCUT2D eigenvalue weighted by Gasteiger charge is -2.33. The Kier molecular flexibility index (Phi) is 4.99. The third-order valence-electron chi connectivity index (χ3n) is 3.69. The predicted octanol–water partition coefficient (Wildman–Crippen LogP) is 2.95. The smallest absolute Gasteiger partial charge is 0.224 e. The van der Waals surface area contributed by atoms with E-state index < -0.39 is 0 Å². The second kappa shape index (κ2) is 6.56. The highest BCUT2D eigenvalue weighted by Crippen LogP contribution is 2.19. The van der Waals surface area contributed by atoms with Gasteiger partial charge in [-0.25, -0.2) is 4.39 Å². The summed E-state index contributed by atoms with van der Waals surface area (Å²) in [7, 11) is 0. The first-order valence-electron chi connectivity index (χ1n) is 7.62. The van der Waals surface area contributed by atoms with Crippen LogP contribution in [0.4, 0.5) is 4.39 Å². The maximum Gasteiger partial charge on any atom is 0.224 e. The third kappa shape index (κ3) is 5.12. The van der Waals surface area contributed by atoms with Gasteiger partial charge in [-0.3, -0.25) is 9.69 Å². The van der Waals surface area contributed by atoms with Gasteiger partial charge in [0, 0.05) is 18.6 Å². The number of hydrogen-bond donors (Lipinski definition) is 1. The fourth-order valence-electron chi connectivity index (χ4n) is 2.73. The van der Waals surface area contributed by atoms with Crippen LogP contribution in [0.5, 0.6) is 0 Å². The molecule has 1 heterocycles. The van der Waals surface area contributed by atoms with Crippen molar-refractivity contribution in [2.75, 3.05) is 13.1 Å². The summed E-state index contributed by atoms with van der Waals surface area (Å²) in [6, 6.07) is 6.61. The van der Waals surface area contributed by atoms with E-state index in [-0.39, 0.29) is 23.2 Å². The Morgan fingerprint density at radius 3 is 2.62 bits per heavy atom. The summed E-state index contributed by atoms with van der Waals surface area (Å²) in [5.41, 5.74) is 0.907. The number of likely N-dealkylation sites (tertiary alicyclic amines) is 1. The summed E-state index contributed by atoms with van der Waals surface area (Å²) in [5, 5.41) is 3.07. The van der Waals surface area contributed by atoms with Gasteiger partial charge in [0.15, 0.2) is 0 Å². The summed E-state index contributed by atoms with van der Waals surface area (Å²) < 4.78 is 12.9. The van der Waals surface area contributed by atoms with Crippen molar-refractivity contribution in [3.05, 3.63) is 35.6 Å². The number of carbonyl (C=O) groups is 1. The maximum absolute atomic E-state index is 12.9. The van der Waals surface area contributed by atoms with Crippen LogP contribution in [-0.4, -0.2) is 29.4 Å². The average molecular weight is 292 g/mol. The number of carbonyl (C=O) groups excluding carboxylic acids is 1. The molecule has 0 radical (unpaired) electrons. The highest BCUT2D eigenvalue weighted by molar-refractivity contribution is 5.79. The molecular formula is C17H25FN2O. The van der Waals surface area contributed by atoms with Crippen molar-refractivity contribution in [1.29, 1.82) is 0 Å². The molecule has 116 valence electrons. The summed E-state index contributed by atoms with van der Waals surface area (Å²) in [6.07, 6.45) is 1.98. The lowest BCUT2D eigenvalue weighted by atomic mass is 9.95. The monoisotopic (exact) mass is 292 g/mol. The Labute approximate surface area is 126 Å². The van der Waals surface area contributed by atoms with E-state index in [4.69, 9.17) is 0 Å². The van der Waals surface area contributed by atoms with Gasteiger partial charge in [0.05, 0.1) is 5.92 Å². The van der Waals surface area contributed by atoms with Gasteiger partial charge in [0.25, 0.3) is 0 Å². The Hall–Kier alpha value is -1.42. The molecule has 0 aromatic heterocycles. The largest absolute Gasteiger partial charge is 0.351 e. The molecule has 2 rings (SSSR count). The molecule has 1 aromatic rings. The minimum absolute atomic E-state index is 0.0541. The van der Waals surface area contributed by atoms with Crippen LogP contribution in [0.2, 0.25) is 0 Å². The molecule has 1 saturated heterocycles. The number of nitrogens with one attached hydrogen (secondary N) is 1. The number of hydrogen-bond acceptors (Lipinski definition) is 2. The molecule has 0 saturated carbocycles. The van der Waals surface area contributed by atoms with Gasteiger partial charge in [-0.05, 0) is 57.9 Å². The van der Waals surface area contributed by atoms with Gasteiger partial charge in [-0.1, -0.05) is 12.1 Å². The van der Waals surface area contributed by atoms with E-state index in [1.807, 2.05) is 32.9 Å². The van der Waals surface area contributed by atoms with E-state index >= 15 is 0 Å². The highest BCUT2D eigenvalue weighted by Gasteiger charge is 2.27. The fourth-order valence-corrected chi connectivity index (χ4v) is 2.73. The Morgan fingerprint density at radius 1 is 1.33 bits per heavy atom. The lowest BCUT2D eigenvalue weighted by Crippen LogP contribution is -2.48. The molecule has 0 aliphatic carbocycles. The molecular weight excluding hydrogens is 267 g/mol. The zero-order valence-corrected chi connectivity index (χ0v) is 13.2. The number of benzene rings is 1. The van der Waals surface area contributed by atoms with E-state index in [9.17, 15) is 9.18 Å². The van der Waals surface area contributed by atoms with Crippen LogP contribution in [-0.2, 0) is 11.3 Å². The number of amides is 1. The first-order valence-corrected chi connectivity index (χ1v) is 7.62. The molecule has 0 bridgehead atoms. The quantitative estimate of drug-likeness (QED) is 0.929. The normalized spacial score (nSPS) is 20.3. The first-order chi connectivity index (χ1) is 9.83. The van der Waals surface area contributed by atoms with Crippen molar-refractivity contribution in [3.63, 3.8) is 0 Å². The van der Waals surface area contributed by atoms with E-state index in [0.717, 1.165) is 38.0 Å². The van der Waals surface area contributed by atoms with E-state index in [1.165, 1.54) is 12.1 Å². The number of rotatable bonds is 3. The molecule has 1 unspecified atom stereocenters. The summed E-state index contributed by atoms with van der Waals surface area (Å²) in [4.78, 5) is 14.6. The number of nitrogens with zero attached hydrogens (tertiary/aromatic N) is 1. The molecule has 3 nitrogen and oxygen atoms in total. The second-order valence-corrected chi connectivity index (χ2v) is 6.94. The zero-order valence-electron chi connectivity index (χ0n) is 13.2. The second-order valence-electron chi connectivity index (χ2n) is 6.94. The highest BCUT2D eigenvalue weighted by atomic mass is 19.1. The van der Waals surface area contributed by atoms with Crippen molar-refractivity contribution in [1.82, 2.24) is 10.2 Å². The van der Waals surface area contributed by atoms with Crippen LogP contribution < -0.4 is 5.32 Å². The average Bonchev–Trinajstić information content (AvgIpc) is 2.40. The molecule has 1 N–H and O–H groups in total. The van der Waals surface area contributed by atoms with Gasteiger partial charge in [0.2, 0.25) is 5.91 Å². The van der Waals surface area contributed by atoms with Gasteiger partial charge >= 0.3 is 0 Å². The number of halogens is 1. The molecule has 1 aliphatic rings. The molecule has 1 fully saturated rings. The molecule has 1 atom stereocenters. The molecule has 0 spiro atoms. The fraction of sp³-hybridized carbons (Fsp3) is 0.588. The van der Waals surface area contributed by atoms with Crippen LogP contribution in [0.25, 0.3) is 0 Å². The SMILES string of the molecule is CC(C)(C)NC(=O)C1CCCN(Cc2ccc(F)cc2)C1. The van der Waals surface area contributed by atoms with Crippen molar-refractivity contribution in [3.8, 4) is 0 Å². The topological polar surface area (TPSA) is 32.3 Å². The predicted molar refractivity (Wildman–Crippen MR) is 82.3 cm³/mol. The van der Waals surface area contributed by atoms with E-state index in [2.05, 4.69) is 10.2 Å². The van der Waals surface area contributed by atoms with Crippen LogP contribution in [0.3, 0.4) is 0 Å². The van der Waals surface area contributed by atoms with Crippen molar-refractivity contribution < 1.29 is 9.18 Å². The Bertz CT molecular complexity index is 479. The van der Waals surface area contributed by atoms with Crippen LogP contribution in [0, 0.1) is 11.7 Å². The van der Waals surface area contributed by atoms with Gasteiger partial charge in [-0.2, -0.15) is 0 Å². The van der Waals surface area contributed by atoms with Gasteiger partial charge < -0.3 is 5.32 Å². The minimum Gasteiger partial charge on any atom is -0.351 e. The van der Waals surface area contributed by atoms with Gasteiger partial charge in [0.1, 0.15) is 5.82 Å². The maximum atomic E-state index is 12.9. The third-order valence-corrected chi connectivity index (χ3v) is 3.69. The van der Waals surface area contributed by atoms with E-state index in [0.29, 0.717) is 0 Å². The van der Waals surface area contributed by atoms with Crippen molar-refractivity contribution in [2.24, 2.45) is 5.92 Å². The van der Waals surface area contributed by atoms with Crippen molar-refractivity contribution in [2.45, 2.75) is 45.7 Å². The van der Waals surface area contributed by atoms with E-state index in [1.54, 1.807) is 0 Å². The molecule has 21 heavy (non-hydrogen) atoms.